The van der Waals surface area contributed by atoms with E-state index in [0.717, 1.165) is 34.5 Å². The van der Waals surface area contributed by atoms with Crippen molar-refractivity contribution in [1.82, 2.24) is 10.2 Å². The van der Waals surface area contributed by atoms with Crippen molar-refractivity contribution in [2.45, 2.75) is 31.2 Å². The molecule has 1 aromatic heterocycles. The summed E-state index contributed by atoms with van der Waals surface area (Å²) in [5.74, 6) is -1.65. The van der Waals surface area contributed by atoms with E-state index in [2.05, 4.69) is 15.5 Å². The summed E-state index contributed by atoms with van der Waals surface area (Å²) in [5, 5.41) is 10.00. The fourth-order valence-electron chi connectivity index (χ4n) is 2.50. The second-order valence-corrected chi connectivity index (χ2v) is 7.42. The highest BCUT2D eigenvalue weighted by atomic mass is 32.2. The molecule has 1 atom stereocenters. The number of benzene rings is 2. The van der Waals surface area contributed by atoms with Gasteiger partial charge in [0.05, 0.1) is 10.9 Å². The van der Waals surface area contributed by atoms with E-state index in [-0.39, 0.29) is 10.9 Å². The number of hydrogen-bond acceptors (Lipinski definition) is 5. The normalized spacial score (nSPS) is 12.0. The van der Waals surface area contributed by atoms with E-state index in [1.165, 1.54) is 6.07 Å². The fraction of sp³-hybridized carbons (Fsp3) is 0.211. The van der Waals surface area contributed by atoms with Crippen molar-refractivity contribution in [2.75, 3.05) is 5.32 Å². The molecule has 0 spiro atoms. The Bertz CT molecular complexity index is 971. The van der Waals surface area contributed by atoms with E-state index in [1.54, 1.807) is 6.92 Å². The molecule has 0 saturated heterocycles. The minimum Gasteiger partial charge on any atom is -0.411 e. The molecule has 0 bridgehead atoms. The molecule has 1 amide bonds. The van der Waals surface area contributed by atoms with Gasteiger partial charge < -0.3 is 9.73 Å². The molecular formula is C19H17F2N3O2S. The number of rotatable bonds is 5. The highest BCUT2D eigenvalue weighted by molar-refractivity contribution is 8.00. The summed E-state index contributed by atoms with van der Waals surface area (Å²) in [6.45, 7) is 5.58. The Morgan fingerprint density at radius 2 is 1.81 bits per heavy atom. The lowest BCUT2D eigenvalue weighted by Crippen LogP contribution is -2.23. The highest BCUT2D eigenvalue weighted by Gasteiger charge is 2.20. The number of hydrogen-bond donors (Lipinski definition) is 1. The SMILES string of the molecule is Cc1cc(C)cc(-c2nnc(S[C@H](C)C(=O)Nc3ccc(F)cc3F)o2)c1. The molecule has 0 saturated carbocycles. The molecule has 0 aliphatic heterocycles. The fourth-order valence-corrected chi connectivity index (χ4v) is 3.19. The van der Waals surface area contributed by atoms with Gasteiger partial charge in [-0.15, -0.1) is 10.2 Å². The van der Waals surface area contributed by atoms with Crippen LogP contribution in [0.4, 0.5) is 14.5 Å². The summed E-state index contributed by atoms with van der Waals surface area (Å²) in [6.07, 6.45) is 0. The predicted molar refractivity (Wildman–Crippen MR) is 99.5 cm³/mol. The molecule has 1 N–H and O–H groups in total. The van der Waals surface area contributed by atoms with E-state index < -0.39 is 22.8 Å². The quantitative estimate of drug-likeness (QED) is 0.638. The first-order chi connectivity index (χ1) is 12.8. The van der Waals surface area contributed by atoms with E-state index in [4.69, 9.17) is 4.42 Å². The maximum atomic E-state index is 13.7. The average molecular weight is 389 g/mol. The highest BCUT2D eigenvalue weighted by Crippen LogP contribution is 2.28. The number of anilines is 1. The van der Waals surface area contributed by atoms with Crippen LogP contribution in [-0.4, -0.2) is 21.4 Å². The summed E-state index contributed by atoms with van der Waals surface area (Å²) in [6, 6.07) is 8.86. The number of thioether (sulfide) groups is 1. The Labute approximate surface area is 159 Å². The minimum absolute atomic E-state index is 0.0877. The number of carbonyl (C=O) groups excluding carboxylic acids is 1. The van der Waals surface area contributed by atoms with Crippen molar-refractivity contribution >= 4 is 23.4 Å². The Kier molecular flexibility index (Phi) is 5.55. The molecule has 2 aromatic carbocycles. The van der Waals surface area contributed by atoms with E-state index in [9.17, 15) is 13.6 Å². The topological polar surface area (TPSA) is 68.0 Å². The van der Waals surface area contributed by atoms with Crippen molar-refractivity contribution in [3.05, 3.63) is 59.2 Å². The predicted octanol–water partition coefficient (Wildman–Crippen LogP) is 4.75. The lowest BCUT2D eigenvalue weighted by Gasteiger charge is -2.10. The van der Waals surface area contributed by atoms with Gasteiger partial charge in [0.25, 0.3) is 5.22 Å². The number of carbonyl (C=O) groups is 1. The smallest absolute Gasteiger partial charge is 0.277 e. The van der Waals surface area contributed by atoms with E-state index in [0.29, 0.717) is 12.0 Å². The van der Waals surface area contributed by atoms with Crippen LogP contribution in [0, 0.1) is 25.5 Å². The first-order valence-electron chi connectivity index (χ1n) is 8.16. The van der Waals surface area contributed by atoms with Gasteiger partial charge in [0, 0.05) is 11.6 Å². The second kappa shape index (κ2) is 7.87. The molecule has 0 aliphatic carbocycles. The van der Waals surface area contributed by atoms with Gasteiger partial charge in [0.1, 0.15) is 11.6 Å². The van der Waals surface area contributed by atoms with Gasteiger partial charge in [-0.3, -0.25) is 4.79 Å². The van der Waals surface area contributed by atoms with Crippen LogP contribution in [0.5, 0.6) is 0 Å². The summed E-state index contributed by atoms with van der Waals surface area (Å²) in [5.41, 5.74) is 2.87. The number of aromatic nitrogens is 2. The minimum atomic E-state index is -0.838. The van der Waals surface area contributed by atoms with Crippen molar-refractivity contribution < 1.29 is 18.0 Å². The molecule has 5 nitrogen and oxygen atoms in total. The first kappa shape index (κ1) is 19.0. The first-order valence-corrected chi connectivity index (χ1v) is 9.04. The Morgan fingerprint density at radius 3 is 2.48 bits per heavy atom. The van der Waals surface area contributed by atoms with Crippen molar-refractivity contribution in [3.63, 3.8) is 0 Å². The second-order valence-electron chi connectivity index (χ2n) is 6.12. The number of amides is 1. The molecule has 0 radical (unpaired) electrons. The van der Waals surface area contributed by atoms with Crippen LogP contribution in [-0.2, 0) is 4.79 Å². The van der Waals surface area contributed by atoms with Gasteiger partial charge in [-0.2, -0.15) is 0 Å². The van der Waals surface area contributed by atoms with Gasteiger partial charge in [0.15, 0.2) is 0 Å². The molecule has 140 valence electrons. The molecular weight excluding hydrogens is 372 g/mol. The van der Waals surface area contributed by atoms with Gasteiger partial charge in [-0.05, 0) is 45.0 Å². The van der Waals surface area contributed by atoms with Crippen LogP contribution in [0.2, 0.25) is 0 Å². The van der Waals surface area contributed by atoms with E-state index in [1.807, 2.05) is 32.0 Å². The van der Waals surface area contributed by atoms with Crippen molar-refractivity contribution in [3.8, 4) is 11.5 Å². The third-order valence-electron chi connectivity index (χ3n) is 3.71. The molecule has 3 rings (SSSR count). The van der Waals surface area contributed by atoms with Gasteiger partial charge in [0.2, 0.25) is 11.8 Å². The Hall–Kier alpha value is -2.74. The van der Waals surface area contributed by atoms with Crippen LogP contribution in [0.25, 0.3) is 11.5 Å². The number of halogens is 2. The number of nitrogens with zero attached hydrogens (tertiary/aromatic N) is 2. The van der Waals surface area contributed by atoms with Gasteiger partial charge in [-0.1, -0.05) is 29.0 Å². The van der Waals surface area contributed by atoms with E-state index >= 15 is 0 Å². The van der Waals surface area contributed by atoms with Gasteiger partial charge in [-0.25, -0.2) is 8.78 Å². The zero-order valence-electron chi connectivity index (χ0n) is 14.9. The summed E-state index contributed by atoms with van der Waals surface area (Å²) in [7, 11) is 0. The molecule has 3 aromatic rings. The van der Waals surface area contributed by atoms with Crippen LogP contribution >= 0.6 is 11.8 Å². The third-order valence-corrected chi connectivity index (χ3v) is 4.65. The zero-order chi connectivity index (χ0) is 19.6. The van der Waals surface area contributed by atoms with Crippen LogP contribution in [0.15, 0.2) is 46.0 Å². The van der Waals surface area contributed by atoms with Crippen LogP contribution in [0.3, 0.4) is 0 Å². The molecule has 0 unspecified atom stereocenters. The summed E-state index contributed by atoms with van der Waals surface area (Å²) >= 11 is 1.05. The number of nitrogens with one attached hydrogen (secondary N) is 1. The van der Waals surface area contributed by atoms with Crippen LogP contribution in [0.1, 0.15) is 18.1 Å². The lowest BCUT2D eigenvalue weighted by atomic mass is 10.1. The van der Waals surface area contributed by atoms with Crippen molar-refractivity contribution in [2.24, 2.45) is 0 Å². The number of aryl methyl sites for hydroxylation is 2. The standard InChI is InChI=1S/C19H17F2N3O2S/c1-10-6-11(2)8-13(7-10)18-23-24-19(26-18)27-12(3)17(25)22-16-5-4-14(20)9-15(16)21/h4-9,12H,1-3H3,(H,22,25)/t12-/m1/s1. The molecule has 0 fully saturated rings. The summed E-state index contributed by atoms with van der Waals surface area (Å²) in [4.78, 5) is 12.2. The lowest BCUT2D eigenvalue weighted by molar-refractivity contribution is -0.115. The third kappa shape index (κ3) is 4.71. The molecule has 27 heavy (non-hydrogen) atoms. The molecule has 0 aliphatic rings. The molecule has 1 heterocycles. The van der Waals surface area contributed by atoms with Crippen LogP contribution < -0.4 is 5.32 Å². The van der Waals surface area contributed by atoms with Crippen molar-refractivity contribution in [1.29, 1.82) is 0 Å². The Morgan fingerprint density at radius 1 is 1.11 bits per heavy atom. The summed E-state index contributed by atoms with van der Waals surface area (Å²) < 4.78 is 32.2. The van der Waals surface area contributed by atoms with Gasteiger partial charge >= 0.3 is 0 Å². The zero-order valence-corrected chi connectivity index (χ0v) is 15.7. The Balaban J connectivity index is 1.68. The maximum Gasteiger partial charge on any atom is 0.277 e. The molecule has 8 heteroatoms. The maximum absolute atomic E-state index is 13.7. The monoisotopic (exact) mass is 389 g/mol. The largest absolute Gasteiger partial charge is 0.411 e. The average Bonchev–Trinajstić information content (AvgIpc) is 3.05.